The van der Waals surface area contributed by atoms with Crippen LogP contribution in [0, 0.1) is 0 Å². The van der Waals surface area contributed by atoms with Crippen molar-refractivity contribution in [1.82, 2.24) is 25.1 Å². The average molecular weight is 375 g/mol. The summed E-state index contributed by atoms with van der Waals surface area (Å²) < 4.78 is 23.2. The van der Waals surface area contributed by atoms with E-state index in [2.05, 4.69) is 31.1 Å². The van der Waals surface area contributed by atoms with Crippen LogP contribution in [-0.2, 0) is 29.3 Å². The fourth-order valence-corrected chi connectivity index (χ4v) is 4.25. The lowest BCUT2D eigenvalue weighted by Crippen LogP contribution is -2.31. The first-order valence-electron chi connectivity index (χ1n) is 7.84. The summed E-state index contributed by atoms with van der Waals surface area (Å²) in [4.78, 5) is 11.7. The zero-order valence-electron chi connectivity index (χ0n) is 13.6. The number of aromatic amines is 1. The van der Waals surface area contributed by atoms with Gasteiger partial charge in [0.1, 0.15) is 0 Å². The third kappa shape index (κ3) is 3.35. The second-order valence-corrected chi connectivity index (χ2v) is 8.96. The van der Waals surface area contributed by atoms with Gasteiger partial charge < -0.3 is 0 Å². The highest BCUT2D eigenvalue weighted by molar-refractivity contribution is 7.90. The van der Waals surface area contributed by atoms with E-state index in [0.29, 0.717) is 13.0 Å². The Balaban J connectivity index is 1.53. The summed E-state index contributed by atoms with van der Waals surface area (Å²) in [5, 5.41) is 9.23. The Labute approximate surface area is 149 Å². The third-order valence-corrected chi connectivity index (χ3v) is 5.95. The van der Waals surface area contributed by atoms with Gasteiger partial charge in [-0.3, -0.25) is 10.00 Å². The monoisotopic (exact) mass is 375 g/mol. The van der Waals surface area contributed by atoms with E-state index in [9.17, 15) is 8.42 Å². The van der Waals surface area contributed by atoms with E-state index in [0.717, 1.165) is 41.9 Å². The fraction of sp³-hybridized carbons (Fsp3) is 0.312. The maximum Gasteiger partial charge on any atom is 0.246 e. The predicted molar refractivity (Wildman–Crippen MR) is 94.9 cm³/mol. The van der Waals surface area contributed by atoms with Crippen LogP contribution in [0.15, 0.2) is 35.1 Å². The van der Waals surface area contributed by atoms with Crippen LogP contribution in [-0.4, -0.2) is 46.3 Å². The molecule has 0 saturated carbocycles. The van der Waals surface area contributed by atoms with E-state index in [4.69, 9.17) is 0 Å². The minimum atomic E-state index is -3.37. The topological polar surface area (TPSA) is 91.8 Å². The molecule has 25 heavy (non-hydrogen) atoms. The van der Waals surface area contributed by atoms with Crippen LogP contribution in [0.5, 0.6) is 0 Å². The molecule has 0 amide bonds. The minimum Gasteiger partial charge on any atom is -0.294 e. The van der Waals surface area contributed by atoms with E-state index >= 15 is 0 Å². The highest BCUT2D eigenvalue weighted by Crippen LogP contribution is 2.28. The Bertz CT molecular complexity index is 995. The van der Waals surface area contributed by atoms with Crippen molar-refractivity contribution in [1.29, 1.82) is 0 Å². The number of sulfone groups is 1. The van der Waals surface area contributed by atoms with E-state index < -0.39 is 9.84 Å². The fourth-order valence-electron chi connectivity index (χ4n) is 2.98. The lowest BCUT2D eigenvalue weighted by atomic mass is 10.1. The summed E-state index contributed by atoms with van der Waals surface area (Å²) in [5.41, 5.74) is 4.03. The predicted octanol–water partition coefficient (Wildman–Crippen LogP) is 1.89. The largest absolute Gasteiger partial charge is 0.294 e. The first-order chi connectivity index (χ1) is 12.0. The Morgan fingerprint density at radius 1 is 1.36 bits per heavy atom. The van der Waals surface area contributed by atoms with Crippen LogP contribution in [0.4, 0.5) is 0 Å². The highest BCUT2D eigenvalue weighted by Gasteiger charge is 2.22. The third-order valence-electron chi connectivity index (χ3n) is 4.20. The van der Waals surface area contributed by atoms with E-state index in [1.165, 1.54) is 4.88 Å². The van der Waals surface area contributed by atoms with Gasteiger partial charge in [0.15, 0.2) is 0 Å². The van der Waals surface area contributed by atoms with Gasteiger partial charge in [-0.1, -0.05) is 6.07 Å². The molecule has 0 spiro atoms. The number of nitrogens with zero attached hydrogens (tertiary/aromatic N) is 4. The summed E-state index contributed by atoms with van der Waals surface area (Å²) in [6, 6.07) is 4.10. The molecule has 9 heteroatoms. The van der Waals surface area contributed by atoms with Crippen molar-refractivity contribution in [2.45, 2.75) is 24.7 Å². The van der Waals surface area contributed by atoms with Gasteiger partial charge in [-0.25, -0.2) is 18.4 Å². The highest BCUT2D eigenvalue weighted by atomic mass is 32.2. The van der Waals surface area contributed by atoms with Gasteiger partial charge in [0.05, 0.1) is 22.5 Å². The number of thiophene rings is 1. The van der Waals surface area contributed by atoms with Crippen molar-refractivity contribution in [3.63, 3.8) is 0 Å². The van der Waals surface area contributed by atoms with Crippen molar-refractivity contribution in [2.24, 2.45) is 0 Å². The number of rotatable bonds is 4. The van der Waals surface area contributed by atoms with E-state index in [-0.39, 0.29) is 5.16 Å². The number of hydrogen-bond acceptors (Lipinski definition) is 7. The second kappa shape index (κ2) is 6.32. The summed E-state index contributed by atoms with van der Waals surface area (Å²) in [5.74, 6) is 0. The SMILES string of the molecule is CS(=O)(=O)c1ncc2c(n1)CCN(Cc1cn[nH]c1-c1cccs1)C2. The molecule has 130 valence electrons. The van der Waals surface area contributed by atoms with Gasteiger partial charge in [0.25, 0.3) is 0 Å². The summed E-state index contributed by atoms with van der Waals surface area (Å²) >= 11 is 1.68. The Kier molecular flexibility index (Phi) is 4.14. The number of nitrogens with one attached hydrogen (secondary N) is 1. The quantitative estimate of drug-likeness (QED) is 0.700. The summed E-state index contributed by atoms with van der Waals surface area (Å²) in [7, 11) is -3.37. The molecule has 3 aromatic heterocycles. The molecule has 4 heterocycles. The zero-order chi connectivity index (χ0) is 17.4. The van der Waals surface area contributed by atoms with Crippen molar-refractivity contribution < 1.29 is 8.42 Å². The first-order valence-corrected chi connectivity index (χ1v) is 10.6. The Morgan fingerprint density at radius 3 is 3.00 bits per heavy atom. The number of hydrogen-bond donors (Lipinski definition) is 1. The van der Waals surface area contributed by atoms with Crippen LogP contribution in [0.25, 0.3) is 10.6 Å². The molecule has 1 aliphatic heterocycles. The van der Waals surface area contributed by atoms with Gasteiger partial charge >= 0.3 is 0 Å². The molecule has 0 aromatic carbocycles. The maximum absolute atomic E-state index is 11.6. The molecule has 0 saturated heterocycles. The van der Waals surface area contributed by atoms with Crippen molar-refractivity contribution in [2.75, 3.05) is 12.8 Å². The van der Waals surface area contributed by atoms with E-state index in [1.807, 2.05) is 17.6 Å². The first kappa shape index (κ1) is 16.4. The van der Waals surface area contributed by atoms with Crippen molar-refractivity contribution >= 4 is 21.2 Å². The Hall–Kier alpha value is -2.10. The van der Waals surface area contributed by atoms with Crippen LogP contribution < -0.4 is 0 Å². The van der Waals surface area contributed by atoms with Gasteiger partial charge in [-0.05, 0) is 11.4 Å². The van der Waals surface area contributed by atoms with Gasteiger partial charge in [0, 0.05) is 49.6 Å². The van der Waals surface area contributed by atoms with Gasteiger partial charge in [-0.15, -0.1) is 11.3 Å². The molecular weight excluding hydrogens is 358 g/mol. The van der Waals surface area contributed by atoms with Crippen LogP contribution in [0.3, 0.4) is 0 Å². The maximum atomic E-state index is 11.6. The summed E-state index contributed by atoms with van der Waals surface area (Å²) in [6.07, 6.45) is 5.36. The number of aromatic nitrogens is 4. The average Bonchev–Trinajstić information content (AvgIpc) is 3.24. The molecular formula is C16H17N5O2S2. The molecule has 0 fully saturated rings. The second-order valence-electron chi connectivity index (χ2n) is 6.10. The van der Waals surface area contributed by atoms with Crippen molar-refractivity contribution in [3.05, 3.63) is 46.7 Å². The van der Waals surface area contributed by atoms with Gasteiger partial charge in [-0.2, -0.15) is 5.10 Å². The number of fused-ring (bicyclic) bond motifs is 1. The number of H-pyrrole nitrogens is 1. The standard InChI is InChI=1S/C16H17N5O2S2/c1-25(22,23)16-17-7-11-9-21(5-4-13(11)19-16)10-12-8-18-20-15(12)14-3-2-6-24-14/h2-3,6-8H,4-5,9-10H2,1H3,(H,18,20). The Morgan fingerprint density at radius 2 is 2.24 bits per heavy atom. The molecule has 0 aliphatic carbocycles. The molecule has 0 radical (unpaired) electrons. The molecule has 1 N–H and O–H groups in total. The normalized spacial score (nSPS) is 15.2. The van der Waals surface area contributed by atoms with Crippen LogP contribution >= 0.6 is 11.3 Å². The van der Waals surface area contributed by atoms with Crippen molar-refractivity contribution in [3.8, 4) is 10.6 Å². The lowest BCUT2D eigenvalue weighted by molar-refractivity contribution is 0.242. The molecule has 3 aromatic rings. The lowest BCUT2D eigenvalue weighted by Gasteiger charge is -2.27. The molecule has 0 unspecified atom stereocenters. The molecule has 1 aliphatic rings. The molecule has 4 rings (SSSR count). The molecule has 0 atom stereocenters. The zero-order valence-corrected chi connectivity index (χ0v) is 15.3. The summed E-state index contributed by atoms with van der Waals surface area (Å²) in [6.45, 7) is 2.30. The molecule has 0 bridgehead atoms. The minimum absolute atomic E-state index is 0.0884. The smallest absolute Gasteiger partial charge is 0.246 e. The molecule has 7 nitrogen and oxygen atoms in total. The van der Waals surface area contributed by atoms with Crippen LogP contribution in [0.1, 0.15) is 16.8 Å². The van der Waals surface area contributed by atoms with Gasteiger partial charge in [0.2, 0.25) is 15.0 Å². The van der Waals surface area contributed by atoms with Crippen LogP contribution in [0.2, 0.25) is 0 Å². The van der Waals surface area contributed by atoms with E-state index in [1.54, 1.807) is 17.5 Å².